The lowest BCUT2D eigenvalue weighted by atomic mass is 10.2. The summed E-state index contributed by atoms with van der Waals surface area (Å²) in [4.78, 5) is 5.35. The monoisotopic (exact) mass is 259 g/mol. The first-order valence-corrected chi connectivity index (χ1v) is 6.17. The molecule has 0 aliphatic carbocycles. The first-order valence-electron chi connectivity index (χ1n) is 5.35. The van der Waals surface area contributed by atoms with Crippen LogP contribution in [0.1, 0.15) is 11.1 Å². The molecule has 4 nitrogen and oxygen atoms in total. The third-order valence-corrected chi connectivity index (χ3v) is 3.77. The Morgan fingerprint density at radius 1 is 1.33 bits per heavy atom. The molecule has 0 unspecified atom stereocenters. The van der Waals surface area contributed by atoms with Gasteiger partial charge in [-0.3, -0.25) is 5.41 Å². The highest BCUT2D eigenvalue weighted by Gasteiger charge is 2.13. The summed E-state index contributed by atoms with van der Waals surface area (Å²) < 4.78 is 0. The van der Waals surface area contributed by atoms with Gasteiger partial charge in [-0.2, -0.15) is 0 Å². The molecule has 1 aromatic carbocycles. The highest BCUT2D eigenvalue weighted by Crippen LogP contribution is 2.36. The van der Waals surface area contributed by atoms with Crippen LogP contribution < -0.4 is 5.73 Å². The SMILES string of the molecule is Cc1ccccc1Sc1c(C(=N)N)ccnc1O. The van der Waals surface area contributed by atoms with E-state index in [0.717, 1.165) is 10.5 Å². The fourth-order valence-electron chi connectivity index (χ4n) is 1.53. The minimum absolute atomic E-state index is 0.0798. The Hall–Kier alpha value is -2.01. The summed E-state index contributed by atoms with van der Waals surface area (Å²) >= 11 is 1.36. The summed E-state index contributed by atoms with van der Waals surface area (Å²) in [7, 11) is 0. The molecule has 0 aliphatic rings. The van der Waals surface area contributed by atoms with Gasteiger partial charge in [0.05, 0.1) is 4.90 Å². The van der Waals surface area contributed by atoms with E-state index in [9.17, 15) is 5.11 Å². The number of aromatic hydroxyl groups is 1. The first-order chi connectivity index (χ1) is 8.59. The minimum atomic E-state index is -0.101. The Morgan fingerprint density at radius 2 is 2.06 bits per heavy atom. The van der Waals surface area contributed by atoms with Crippen LogP contribution in [0, 0.1) is 12.3 Å². The van der Waals surface area contributed by atoms with Crippen LogP contribution in [0.5, 0.6) is 5.88 Å². The zero-order valence-electron chi connectivity index (χ0n) is 9.84. The van der Waals surface area contributed by atoms with Gasteiger partial charge in [0, 0.05) is 16.7 Å². The normalized spacial score (nSPS) is 10.3. The lowest BCUT2D eigenvalue weighted by Gasteiger charge is -2.10. The van der Waals surface area contributed by atoms with E-state index in [1.54, 1.807) is 6.07 Å². The summed E-state index contributed by atoms with van der Waals surface area (Å²) in [6.07, 6.45) is 1.44. The average Bonchev–Trinajstić information content (AvgIpc) is 2.34. The van der Waals surface area contributed by atoms with Crippen molar-refractivity contribution in [3.8, 4) is 5.88 Å². The van der Waals surface area contributed by atoms with Crippen molar-refractivity contribution in [2.45, 2.75) is 16.7 Å². The molecular weight excluding hydrogens is 246 g/mol. The number of nitrogens with one attached hydrogen (secondary N) is 1. The molecule has 5 heteroatoms. The molecule has 1 heterocycles. The molecule has 0 bridgehead atoms. The molecule has 18 heavy (non-hydrogen) atoms. The number of aromatic nitrogens is 1. The molecule has 1 aromatic heterocycles. The molecule has 0 saturated heterocycles. The van der Waals surface area contributed by atoms with Crippen molar-refractivity contribution in [1.82, 2.24) is 4.98 Å². The molecule has 0 fully saturated rings. The third kappa shape index (κ3) is 2.46. The van der Waals surface area contributed by atoms with Gasteiger partial charge in [-0.1, -0.05) is 30.0 Å². The van der Waals surface area contributed by atoms with Gasteiger partial charge >= 0.3 is 0 Å². The molecule has 0 aliphatic heterocycles. The van der Waals surface area contributed by atoms with E-state index in [0.29, 0.717) is 10.5 Å². The standard InChI is InChI=1S/C13H13N3OS/c1-8-4-2-3-5-10(8)18-11-9(12(14)15)6-7-16-13(11)17/h2-7H,1H3,(H3,14,15)(H,16,17). The number of benzene rings is 1. The molecule has 0 radical (unpaired) electrons. The minimum Gasteiger partial charge on any atom is -0.492 e. The first kappa shape index (κ1) is 12.4. The van der Waals surface area contributed by atoms with E-state index in [4.69, 9.17) is 11.1 Å². The largest absolute Gasteiger partial charge is 0.492 e. The number of nitrogens with zero attached hydrogens (tertiary/aromatic N) is 1. The second-order valence-electron chi connectivity index (χ2n) is 3.79. The quantitative estimate of drug-likeness (QED) is 0.584. The number of rotatable bonds is 3. The van der Waals surface area contributed by atoms with Crippen LogP contribution in [-0.4, -0.2) is 15.9 Å². The number of hydrogen-bond acceptors (Lipinski definition) is 4. The van der Waals surface area contributed by atoms with Crippen molar-refractivity contribution in [3.05, 3.63) is 47.7 Å². The Bertz CT molecular complexity index is 599. The van der Waals surface area contributed by atoms with Crippen LogP contribution in [0.2, 0.25) is 0 Å². The molecule has 92 valence electrons. The highest BCUT2D eigenvalue weighted by atomic mass is 32.2. The topological polar surface area (TPSA) is 83.0 Å². The number of pyridine rings is 1. The molecule has 4 N–H and O–H groups in total. The smallest absolute Gasteiger partial charge is 0.225 e. The Labute approximate surface area is 109 Å². The van der Waals surface area contributed by atoms with E-state index < -0.39 is 0 Å². The summed E-state index contributed by atoms with van der Waals surface area (Å²) in [6.45, 7) is 1.99. The van der Waals surface area contributed by atoms with E-state index >= 15 is 0 Å². The molecule has 0 saturated carbocycles. The fourth-order valence-corrected chi connectivity index (χ4v) is 2.56. The van der Waals surface area contributed by atoms with E-state index in [1.807, 2.05) is 31.2 Å². The molecule has 0 spiro atoms. The Morgan fingerprint density at radius 3 is 2.72 bits per heavy atom. The number of aryl methyl sites for hydroxylation is 1. The van der Waals surface area contributed by atoms with Crippen molar-refractivity contribution in [2.24, 2.45) is 5.73 Å². The zero-order valence-corrected chi connectivity index (χ0v) is 10.7. The van der Waals surface area contributed by atoms with Crippen molar-refractivity contribution >= 4 is 17.6 Å². The molecular formula is C13H13N3OS. The van der Waals surface area contributed by atoms with Crippen LogP contribution in [0.25, 0.3) is 0 Å². The molecule has 2 rings (SSSR count). The number of nitrogens with two attached hydrogens (primary N) is 1. The van der Waals surface area contributed by atoms with Crippen LogP contribution >= 0.6 is 11.8 Å². The van der Waals surface area contributed by atoms with Gasteiger partial charge in [-0.05, 0) is 24.6 Å². The van der Waals surface area contributed by atoms with Crippen LogP contribution in [0.15, 0.2) is 46.3 Å². The predicted molar refractivity (Wildman–Crippen MR) is 72.2 cm³/mol. The second-order valence-corrected chi connectivity index (χ2v) is 4.84. The van der Waals surface area contributed by atoms with E-state index in [-0.39, 0.29) is 11.7 Å². The van der Waals surface area contributed by atoms with Gasteiger partial charge < -0.3 is 10.8 Å². The van der Waals surface area contributed by atoms with Gasteiger partial charge in [0.25, 0.3) is 0 Å². The summed E-state index contributed by atoms with van der Waals surface area (Å²) in [5, 5.41) is 17.3. The summed E-state index contributed by atoms with van der Waals surface area (Å²) in [5.74, 6) is -0.181. The van der Waals surface area contributed by atoms with Crippen molar-refractivity contribution in [1.29, 1.82) is 5.41 Å². The van der Waals surface area contributed by atoms with Crippen LogP contribution in [0.3, 0.4) is 0 Å². The lowest BCUT2D eigenvalue weighted by molar-refractivity contribution is 0.439. The van der Waals surface area contributed by atoms with E-state index in [2.05, 4.69) is 4.98 Å². The van der Waals surface area contributed by atoms with Crippen molar-refractivity contribution < 1.29 is 5.11 Å². The van der Waals surface area contributed by atoms with Gasteiger partial charge in [0.1, 0.15) is 5.84 Å². The zero-order chi connectivity index (χ0) is 13.1. The molecule has 0 atom stereocenters. The van der Waals surface area contributed by atoms with Gasteiger partial charge in [-0.15, -0.1) is 0 Å². The molecule has 2 aromatic rings. The average molecular weight is 259 g/mol. The van der Waals surface area contributed by atoms with Crippen LogP contribution in [-0.2, 0) is 0 Å². The summed E-state index contributed by atoms with van der Waals surface area (Å²) in [5.41, 5.74) is 7.10. The summed E-state index contributed by atoms with van der Waals surface area (Å²) in [6, 6.07) is 9.45. The van der Waals surface area contributed by atoms with Crippen LogP contribution in [0.4, 0.5) is 0 Å². The van der Waals surface area contributed by atoms with Gasteiger partial charge in [-0.25, -0.2) is 4.98 Å². The lowest BCUT2D eigenvalue weighted by Crippen LogP contribution is -2.12. The van der Waals surface area contributed by atoms with Gasteiger partial charge in [0.2, 0.25) is 5.88 Å². The number of hydrogen-bond donors (Lipinski definition) is 3. The predicted octanol–water partition coefficient (Wildman–Crippen LogP) is 2.53. The number of nitrogen functional groups attached to an aromatic ring is 1. The second kappa shape index (κ2) is 5.10. The third-order valence-electron chi connectivity index (χ3n) is 2.48. The Balaban J connectivity index is 2.46. The molecule has 0 amide bonds. The van der Waals surface area contributed by atoms with Crippen molar-refractivity contribution in [3.63, 3.8) is 0 Å². The fraction of sp³-hybridized carbons (Fsp3) is 0.0769. The maximum atomic E-state index is 9.81. The highest BCUT2D eigenvalue weighted by molar-refractivity contribution is 7.99. The van der Waals surface area contributed by atoms with Gasteiger partial charge in [0.15, 0.2) is 0 Å². The Kier molecular flexibility index (Phi) is 3.53. The van der Waals surface area contributed by atoms with E-state index in [1.165, 1.54) is 18.0 Å². The maximum Gasteiger partial charge on any atom is 0.225 e. The maximum absolute atomic E-state index is 9.81. The number of amidine groups is 1. The van der Waals surface area contributed by atoms with Crippen molar-refractivity contribution in [2.75, 3.05) is 0 Å².